The molecule has 3 aromatic rings. The van der Waals surface area contributed by atoms with Gasteiger partial charge in [-0.05, 0) is 49.7 Å². The van der Waals surface area contributed by atoms with Gasteiger partial charge < -0.3 is 19.4 Å². The van der Waals surface area contributed by atoms with Crippen molar-refractivity contribution in [3.63, 3.8) is 0 Å². The van der Waals surface area contributed by atoms with E-state index in [9.17, 15) is 18.0 Å². The Morgan fingerprint density at radius 2 is 1.91 bits per heavy atom. The molecule has 2 aromatic heterocycles. The lowest BCUT2D eigenvalue weighted by Crippen LogP contribution is -2.44. The molecule has 0 radical (unpaired) electrons. The molecule has 3 heterocycles. The van der Waals surface area contributed by atoms with Gasteiger partial charge in [0, 0.05) is 56.2 Å². The third-order valence-electron chi connectivity index (χ3n) is 6.55. The number of benzene rings is 1. The lowest BCUT2D eigenvalue weighted by molar-refractivity contribution is -0.153. The number of halogens is 3. The highest BCUT2D eigenvalue weighted by molar-refractivity contribution is 5.69. The highest BCUT2D eigenvalue weighted by atomic mass is 19.4. The molecule has 1 aliphatic heterocycles. The van der Waals surface area contributed by atoms with Gasteiger partial charge in [0.25, 0.3) is 0 Å². The fourth-order valence-corrected chi connectivity index (χ4v) is 4.47. The van der Waals surface area contributed by atoms with Gasteiger partial charge in [-0.1, -0.05) is 0 Å². The smallest absolute Gasteiger partial charge is 0.406 e. The van der Waals surface area contributed by atoms with Crippen molar-refractivity contribution in [3.05, 3.63) is 47.8 Å². The molecule has 1 fully saturated rings. The van der Waals surface area contributed by atoms with Crippen molar-refractivity contribution in [2.75, 3.05) is 58.3 Å². The molecule has 4 rings (SSSR count). The second-order valence-corrected chi connectivity index (χ2v) is 8.95. The summed E-state index contributed by atoms with van der Waals surface area (Å²) in [5.41, 5.74) is 5.29. The number of piperazine rings is 1. The van der Waals surface area contributed by atoms with Crippen molar-refractivity contribution in [1.29, 1.82) is 0 Å². The number of nitrogens with zero attached hydrogens (tertiary/aromatic N) is 5. The zero-order valence-electron chi connectivity index (χ0n) is 20.2. The minimum atomic E-state index is -4.44. The van der Waals surface area contributed by atoms with E-state index in [1.807, 2.05) is 29.7 Å². The number of methoxy groups -OCH3 is 1. The van der Waals surface area contributed by atoms with Crippen LogP contribution in [-0.2, 0) is 11.2 Å². The Labute approximate surface area is 202 Å². The lowest BCUT2D eigenvalue weighted by atomic mass is 9.99. The predicted molar refractivity (Wildman–Crippen MR) is 129 cm³/mol. The Hall–Kier alpha value is -3.27. The predicted octanol–water partition coefficient (Wildman–Crippen LogP) is 3.63. The van der Waals surface area contributed by atoms with Crippen LogP contribution in [0.25, 0.3) is 16.9 Å². The molecule has 0 N–H and O–H groups in total. The molecule has 0 saturated carbocycles. The van der Waals surface area contributed by atoms with E-state index in [2.05, 4.69) is 34.0 Å². The number of anilines is 1. The van der Waals surface area contributed by atoms with Crippen molar-refractivity contribution < 1.29 is 22.7 Å². The van der Waals surface area contributed by atoms with E-state index in [-0.39, 0.29) is 19.4 Å². The van der Waals surface area contributed by atoms with Crippen molar-refractivity contribution in [2.45, 2.75) is 19.5 Å². The van der Waals surface area contributed by atoms with Crippen LogP contribution in [0.4, 0.5) is 18.9 Å². The third-order valence-corrected chi connectivity index (χ3v) is 6.55. The van der Waals surface area contributed by atoms with Crippen LogP contribution in [0.1, 0.15) is 11.1 Å². The molecular weight excluding hydrogens is 459 g/mol. The van der Waals surface area contributed by atoms with Crippen molar-refractivity contribution in [1.82, 2.24) is 19.2 Å². The zero-order valence-corrected chi connectivity index (χ0v) is 20.2. The number of alkyl halides is 3. The molecule has 35 heavy (non-hydrogen) atoms. The van der Waals surface area contributed by atoms with Crippen LogP contribution in [0.15, 0.2) is 36.7 Å². The number of rotatable bonds is 8. The molecule has 1 aliphatic rings. The Morgan fingerprint density at radius 1 is 1.17 bits per heavy atom. The summed E-state index contributed by atoms with van der Waals surface area (Å²) < 4.78 is 45.8. The fourth-order valence-electron chi connectivity index (χ4n) is 4.47. The van der Waals surface area contributed by atoms with Gasteiger partial charge in [0.1, 0.15) is 17.9 Å². The maximum absolute atomic E-state index is 12.7. The summed E-state index contributed by atoms with van der Waals surface area (Å²) in [6, 6.07) is 7.99. The van der Waals surface area contributed by atoms with Gasteiger partial charge in [0.05, 0.1) is 19.0 Å². The van der Waals surface area contributed by atoms with Crippen LogP contribution in [-0.4, -0.2) is 85.2 Å². The maximum Gasteiger partial charge on any atom is 0.406 e. The average Bonchev–Trinajstić information content (AvgIpc) is 3.25. The highest BCUT2D eigenvalue weighted by Gasteiger charge is 2.30. The molecular formula is C25H30F3N5O2. The monoisotopic (exact) mass is 489 g/mol. The van der Waals surface area contributed by atoms with Gasteiger partial charge in [0.2, 0.25) is 6.41 Å². The molecule has 1 amide bonds. The largest absolute Gasteiger partial charge is 0.496 e. The van der Waals surface area contributed by atoms with Crippen molar-refractivity contribution in [2.24, 2.45) is 0 Å². The second kappa shape index (κ2) is 10.2. The number of ether oxygens (including phenoxy) is 1. The van der Waals surface area contributed by atoms with E-state index in [0.29, 0.717) is 5.75 Å². The molecule has 1 aromatic carbocycles. The molecule has 7 nitrogen and oxygen atoms in total. The quantitative estimate of drug-likeness (QED) is 0.453. The maximum atomic E-state index is 12.7. The minimum absolute atomic E-state index is 0.0437. The molecule has 0 unspecified atom stereocenters. The first-order chi connectivity index (χ1) is 16.7. The van der Waals surface area contributed by atoms with Crippen LogP contribution in [0.3, 0.4) is 0 Å². The van der Waals surface area contributed by atoms with Gasteiger partial charge in [-0.15, -0.1) is 0 Å². The van der Waals surface area contributed by atoms with Gasteiger partial charge in [-0.2, -0.15) is 13.2 Å². The standard InChI is InChI=1S/C25H30F3N5O2/c1-18-19(4-6-31(17-34)16-25(26,27)28)12-20(13-23(18)35-3)22-15-29-24-14-21(5-7-33(22)24)32-10-8-30(2)9-11-32/h5,7,12-15,17H,4,6,8-11,16H2,1-3H3. The average molecular weight is 490 g/mol. The normalized spacial score (nSPS) is 15.0. The van der Waals surface area contributed by atoms with Crippen LogP contribution in [0.5, 0.6) is 5.75 Å². The van der Waals surface area contributed by atoms with Crippen LogP contribution in [0, 0.1) is 6.92 Å². The number of hydrogen-bond acceptors (Lipinski definition) is 5. The number of imidazole rings is 1. The number of likely N-dealkylation sites (N-methyl/N-ethyl adjacent to an activating group) is 1. The summed E-state index contributed by atoms with van der Waals surface area (Å²) in [5, 5.41) is 0. The molecule has 10 heteroatoms. The molecule has 0 atom stereocenters. The summed E-state index contributed by atoms with van der Waals surface area (Å²) in [7, 11) is 3.69. The van der Waals surface area contributed by atoms with Crippen molar-refractivity contribution >= 4 is 17.7 Å². The number of pyridine rings is 1. The first-order valence-electron chi connectivity index (χ1n) is 11.5. The lowest BCUT2D eigenvalue weighted by Gasteiger charge is -2.34. The zero-order chi connectivity index (χ0) is 25.2. The minimum Gasteiger partial charge on any atom is -0.496 e. The second-order valence-electron chi connectivity index (χ2n) is 8.95. The third kappa shape index (κ3) is 5.70. The van der Waals surface area contributed by atoms with E-state index in [1.54, 1.807) is 13.3 Å². The van der Waals surface area contributed by atoms with E-state index in [0.717, 1.165) is 64.8 Å². The summed E-state index contributed by atoms with van der Waals surface area (Å²) >= 11 is 0. The first-order valence-corrected chi connectivity index (χ1v) is 11.5. The van der Waals surface area contributed by atoms with Gasteiger partial charge >= 0.3 is 6.18 Å². The molecule has 0 spiro atoms. The van der Waals surface area contributed by atoms with E-state index in [1.165, 1.54) is 0 Å². The van der Waals surface area contributed by atoms with E-state index >= 15 is 0 Å². The Bertz CT molecular complexity index is 1190. The molecule has 0 aliphatic carbocycles. The summed E-state index contributed by atoms with van der Waals surface area (Å²) in [6.07, 6.45) is -0.135. The molecule has 188 valence electrons. The van der Waals surface area contributed by atoms with Crippen molar-refractivity contribution in [3.8, 4) is 17.0 Å². The molecule has 0 bridgehead atoms. The number of fused-ring (bicyclic) bond motifs is 1. The number of carbonyl (C=O) groups is 1. The van der Waals surface area contributed by atoms with Crippen LogP contribution < -0.4 is 9.64 Å². The Kier molecular flexibility index (Phi) is 7.20. The SMILES string of the molecule is COc1cc(-c2cnc3cc(N4CCN(C)CC4)ccn23)cc(CCN(C=O)CC(F)(F)F)c1C. The van der Waals surface area contributed by atoms with Crippen LogP contribution in [0.2, 0.25) is 0 Å². The van der Waals surface area contributed by atoms with Gasteiger partial charge in [0.15, 0.2) is 0 Å². The molecule has 1 saturated heterocycles. The highest BCUT2D eigenvalue weighted by Crippen LogP contribution is 2.32. The van der Waals surface area contributed by atoms with E-state index in [4.69, 9.17) is 4.74 Å². The summed E-state index contributed by atoms with van der Waals surface area (Å²) in [4.78, 5) is 21.2. The Balaban J connectivity index is 1.61. The number of carbonyl (C=O) groups excluding carboxylic acids is 1. The van der Waals surface area contributed by atoms with E-state index < -0.39 is 12.7 Å². The Morgan fingerprint density at radius 3 is 2.57 bits per heavy atom. The summed E-state index contributed by atoms with van der Waals surface area (Å²) in [6.45, 7) is 4.51. The van der Waals surface area contributed by atoms with Gasteiger partial charge in [-0.25, -0.2) is 4.98 Å². The number of aromatic nitrogens is 2. The number of amides is 1. The first kappa shape index (κ1) is 24.8. The fraction of sp³-hybridized carbons (Fsp3) is 0.440. The van der Waals surface area contributed by atoms with Gasteiger partial charge in [-0.3, -0.25) is 9.20 Å². The number of hydrogen-bond donors (Lipinski definition) is 0. The van der Waals surface area contributed by atoms with Crippen LogP contribution >= 0.6 is 0 Å². The topological polar surface area (TPSA) is 53.3 Å². The summed E-state index contributed by atoms with van der Waals surface area (Å²) in [5.74, 6) is 0.634.